The molecular weight excluding hydrogens is 391 g/mol. The average molecular weight is 411 g/mol. The maximum atomic E-state index is 10.4. The summed E-state index contributed by atoms with van der Waals surface area (Å²) in [6.45, 7) is 2.18. The van der Waals surface area contributed by atoms with Crippen molar-refractivity contribution in [1.82, 2.24) is 9.55 Å². The lowest BCUT2D eigenvalue weighted by Gasteiger charge is -2.18. The zero-order chi connectivity index (χ0) is 19.0. The van der Waals surface area contributed by atoms with Crippen molar-refractivity contribution in [3.63, 3.8) is 0 Å². The van der Waals surface area contributed by atoms with E-state index in [-0.39, 0.29) is 24.9 Å². The van der Waals surface area contributed by atoms with Gasteiger partial charge in [-0.2, -0.15) is 0 Å². The minimum Gasteiger partial charge on any atom is -0.387 e. The van der Waals surface area contributed by atoms with Crippen LogP contribution in [0.4, 0.5) is 0 Å². The number of hydrogen-bond acceptors (Lipinski definition) is 5. The number of rotatable bonds is 6. The molecule has 138 valence electrons. The Bertz CT molecular complexity index is 790. The zero-order valence-electron chi connectivity index (χ0n) is 14.4. The number of aliphatic hydroxyl groups excluding tert-OH is 2. The van der Waals surface area contributed by atoms with Gasteiger partial charge in [0, 0.05) is 7.98 Å². The van der Waals surface area contributed by atoms with Crippen LogP contribution in [-0.2, 0) is 9.47 Å². The molecule has 0 saturated carbocycles. The first-order chi connectivity index (χ1) is 12.3. The van der Waals surface area contributed by atoms with Gasteiger partial charge in [-0.25, -0.2) is 4.98 Å². The normalized spacial score (nSPS) is 28.5. The number of aliphatic hydroxyl groups is 2. The van der Waals surface area contributed by atoms with E-state index in [2.05, 4.69) is 4.98 Å². The summed E-state index contributed by atoms with van der Waals surface area (Å²) < 4.78 is 20.3. The van der Waals surface area contributed by atoms with Crippen LogP contribution in [-0.4, -0.2) is 51.3 Å². The number of imidazole rings is 1. The van der Waals surface area contributed by atoms with Crippen molar-refractivity contribution in [3.05, 3.63) is 27.5 Å². The molecule has 5 atom stereocenters. The standard InChI is InChI=1S/C16H19Cl3N2O4/c1-2-3-4-24-7-12-13(22)14(23)15(25-12)21-11-6-9(18)8(17)5-10(11)20-16(21)19/h5-6,12-15,22-23H,2-4,7H2,1H3/t12-,13-,14-,15?/m1/s1/i3D/t3?,12-,13-,14-,15?. The average Bonchev–Trinajstić information content (AvgIpc) is 3.05. The summed E-state index contributed by atoms with van der Waals surface area (Å²) in [7, 11) is 0. The summed E-state index contributed by atoms with van der Waals surface area (Å²) >= 11 is 18.3. The van der Waals surface area contributed by atoms with E-state index < -0.39 is 24.5 Å². The highest BCUT2D eigenvalue weighted by molar-refractivity contribution is 6.42. The number of fused-ring (bicyclic) bond motifs is 1. The maximum Gasteiger partial charge on any atom is 0.206 e. The van der Waals surface area contributed by atoms with Crippen molar-refractivity contribution in [2.45, 2.75) is 44.3 Å². The van der Waals surface area contributed by atoms with Gasteiger partial charge in [-0.3, -0.25) is 4.57 Å². The summed E-state index contributed by atoms with van der Waals surface area (Å²) in [5.41, 5.74) is 1.02. The molecule has 2 N–H and O–H groups in total. The van der Waals surface area contributed by atoms with E-state index in [0.29, 0.717) is 27.5 Å². The fourth-order valence-electron chi connectivity index (χ4n) is 2.77. The van der Waals surface area contributed by atoms with E-state index in [4.69, 9.17) is 45.6 Å². The largest absolute Gasteiger partial charge is 0.387 e. The molecule has 0 spiro atoms. The lowest BCUT2D eigenvalue weighted by molar-refractivity contribution is -0.0653. The lowest BCUT2D eigenvalue weighted by Crippen LogP contribution is -2.34. The van der Waals surface area contributed by atoms with Crippen LogP contribution in [0, 0.1) is 0 Å². The topological polar surface area (TPSA) is 76.7 Å². The molecule has 1 saturated heterocycles. The van der Waals surface area contributed by atoms with Gasteiger partial charge < -0.3 is 19.7 Å². The Labute approximate surface area is 161 Å². The van der Waals surface area contributed by atoms with Crippen LogP contribution >= 0.6 is 34.8 Å². The molecule has 1 fully saturated rings. The Morgan fingerprint density at radius 1 is 1.28 bits per heavy atom. The summed E-state index contributed by atoms with van der Waals surface area (Å²) in [4.78, 5) is 4.20. The molecule has 3 rings (SSSR count). The number of hydrogen-bond donors (Lipinski definition) is 2. The third-order valence-electron chi connectivity index (χ3n) is 4.09. The third-order valence-corrected chi connectivity index (χ3v) is 5.08. The van der Waals surface area contributed by atoms with Gasteiger partial charge in [0.25, 0.3) is 0 Å². The number of halogens is 3. The summed E-state index contributed by atoms with van der Waals surface area (Å²) in [5, 5.41) is 21.4. The molecule has 0 amide bonds. The van der Waals surface area contributed by atoms with Gasteiger partial charge in [0.05, 0.1) is 27.7 Å². The second-order valence-corrected chi connectivity index (χ2v) is 6.94. The zero-order valence-corrected chi connectivity index (χ0v) is 15.7. The van der Waals surface area contributed by atoms with Gasteiger partial charge in [-0.1, -0.05) is 36.5 Å². The summed E-state index contributed by atoms with van der Waals surface area (Å²) in [6.07, 6.45) is -3.78. The van der Waals surface area contributed by atoms with Crippen molar-refractivity contribution in [1.29, 1.82) is 0 Å². The lowest BCUT2D eigenvalue weighted by atomic mass is 10.1. The van der Waals surface area contributed by atoms with E-state index in [0.717, 1.165) is 0 Å². The Balaban J connectivity index is 1.82. The summed E-state index contributed by atoms with van der Waals surface area (Å²) in [6, 6.07) is 3.15. The Hall–Kier alpha value is -0.600. The fourth-order valence-corrected chi connectivity index (χ4v) is 3.36. The molecular formula is C16H19Cl3N2O4. The van der Waals surface area contributed by atoms with Crippen molar-refractivity contribution in [2.24, 2.45) is 0 Å². The molecule has 1 aliphatic heterocycles. The second kappa shape index (κ2) is 7.96. The van der Waals surface area contributed by atoms with Gasteiger partial charge >= 0.3 is 0 Å². The predicted octanol–water partition coefficient (Wildman–Crippen LogP) is 3.43. The predicted molar refractivity (Wildman–Crippen MR) is 96.4 cm³/mol. The van der Waals surface area contributed by atoms with Gasteiger partial charge in [-0.15, -0.1) is 0 Å². The first-order valence-electron chi connectivity index (χ1n) is 8.45. The molecule has 1 aromatic heterocycles. The molecule has 9 heteroatoms. The van der Waals surface area contributed by atoms with Crippen molar-refractivity contribution < 1.29 is 21.1 Å². The second-order valence-electron chi connectivity index (χ2n) is 5.79. The number of aromatic nitrogens is 2. The van der Waals surface area contributed by atoms with Gasteiger partial charge in [0.2, 0.25) is 5.28 Å². The van der Waals surface area contributed by atoms with Gasteiger partial charge in [0.1, 0.15) is 18.3 Å². The van der Waals surface area contributed by atoms with E-state index >= 15 is 0 Å². The molecule has 25 heavy (non-hydrogen) atoms. The van der Waals surface area contributed by atoms with Crippen LogP contribution in [0.15, 0.2) is 12.1 Å². The summed E-state index contributed by atoms with van der Waals surface area (Å²) in [5.74, 6) is 0. The molecule has 1 aliphatic rings. The molecule has 2 unspecified atom stereocenters. The number of benzene rings is 1. The molecule has 2 aromatic rings. The third kappa shape index (κ3) is 3.76. The van der Waals surface area contributed by atoms with Crippen LogP contribution in [0.3, 0.4) is 0 Å². The first kappa shape index (κ1) is 17.8. The smallest absolute Gasteiger partial charge is 0.206 e. The number of ether oxygens (including phenoxy) is 2. The first-order valence-corrected chi connectivity index (χ1v) is 9.01. The molecule has 1 aromatic carbocycles. The highest BCUT2D eigenvalue weighted by Gasteiger charge is 2.45. The Morgan fingerprint density at radius 3 is 2.72 bits per heavy atom. The van der Waals surface area contributed by atoms with Crippen LogP contribution < -0.4 is 0 Å². The van der Waals surface area contributed by atoms with E-state index in [1.165, 1.54) is 4.57 Å². The van der Waals surface area contributed by atoms with Crippen molar-refractivity contribution in [3.8, 4) is 0 Å². The van der Waals surface area contributed by atoms with Gasteiger partial charge in [-0.05, 0) is 30.1 Å². The molecule has 2 heterocycles. The molecule has 6 nitrogen and oxygen atoms in total. The van der Waals surface area contributed by atoms with Crippen molar-refractivity contribution in [2.75, 3.05) is 13.2 Å². The van der Waals surface area contributed by atoms with Gasteiger partial charge in [0.15, 0.2) is 6.23 Å². The Kier molecular flexibility index (Phi) is 5.67. The maximum absolute atomic E-state index is 10.4. The molecule has 0 radical (unpaired) electrons. The van der Waals surface area contributed by atoms with Crippen LogP contribution in [0.5, 0.6) is 0 Å². The minimum atomic E-state index is -1.23. The highest BCUT2D eigenvalue weighted by atomic mass is 35.5. The SMILES string of the molecule is [2H]C(CC)COC[C@H]1OC(n2c(Cl)nc3cc(Cl)c(Cl)cc32)[C@H](O)[C@@H]1O. The van der Waals surface area contributed by atoms with Crippen LogP contribution in [0.25, 0.3) is 11.0 Å². The molecule has 0 aliphatic carbocycles. The molecule has 0 bridgehead atoms. The Morgan fingerprint density at radius 2 is 2.00 bits per heavy atom. The monoisotopic (exact) mass is 409 g/mol. The van der Waals surface area contributed by atoms with E-state index in [1.54, 1.807) is 12.1 Å². The van der Waals surface area contributed by atoms with Crippen molar-refractivity contribution >= 4 is 45.8 Å². The quantitative estimate of drug-likeness (QED) is 0.763. The number of nitrogens with zero attached hydrogens (tertiary/aromatic N) is 2. The highest BCUT2D eigenvalue weighted by Crippen LogP contribution is 2.37. The minimum absolute atomic E-state index is 0.0565. The van der Waals surface area contributed by atoms with E-state index in [1.807, 2.05) is 6.92 Å². The van der Waals surface area contributed by atoms with E-state index in [9.17, 15) is 10.2 Å². The fraction of sp³-hybridized carbons (Fsp3) is 0.562. The van der Waals surface area contributed by atoms with Crippen LogP contribution in [0.1, 0.15) is 27.3 Å². The van der Waals surface area contributed by atoms with Crippen LogP contribution in [0.2, 0.25) is 15.3 Å².